The van der Waals surface area contributed by atoms with E-state index in [9.17, 15) is 8.42 Å². The summed E-state index contributed by atoms with van der Waals surface area (Å²) in [5, 5.41) is 0. The molecule has 0 aromatic carbocycles. The van der Waals surface area contributed by atoms with Crippen molar-refractivity contribution in [1.82, 2.24) is 9.21 Å². The Labute approximate surface area is 142 Å². The molecule has 1 aliphatic carbocycles. The third-order valence-electron chi connectivity index (χ3n) is 3.44. The van der Waals surface area contributed by atoms with E-state index in [2.05, 4.69) is 4.99 Å². The second-order valence-electron chi connectivity index (χ2n) is 4.91. The molecule has 20 heavy (non-hydrogen) atoms. The second-order valence-corrected chi connectivity index (χ2v) is 8.22. The summed E-state index contributed by atoms with van der Waals surface area (Å²) >= 11 is 1.80. The summed E-state index contributed by atoms with van der Waals surface area (Å²) in [5.41, 5.74) is 5.83. The SMILES string of the molecule is CN(C(N)=NCCS(=O)(=O)N1CCSCC1)C1CC1.I. The lowest BCUT2D eigenvalue weighted by atomic mass is 10.6. The van der Waals surface area contributed by atoms with Crippen molar-refractivity contribution in [3.05, 3.63) is 0 Å². The van der Waals surface area contributed by atoms with E-state index < -0.39 is 10.0 Å². The van der Waals surface area contributed by atoms with Gasteiger partial charge in [-0.2, -0.15) is 11.8 Å². The van der Waals surface area contributed by atoms with E-state index >= 15 is 0 Å². The van der Waals surface area contributed by atoms with E-state index in [0.29, 0.717) is 25.1 Å². The van der Waals surface area contributed by atoms with E-state index in [0.717, 1.165) is 24.3 Å². The molecule has 1 saturated heterocycles. The van der Waals surface area contributed by atoms with Gasteiger partial charge < -0.3 is 10.6 Å². The molecule has 0 unspecified atom stereocenters. The molecule has 2 fully saturated rings. The van der Waals surface area contributed by atoms with Crippen LogP contribution in [-0.4, -0.2) is 73.6 Å². The van der Waals surface area contributed by atoms with Crippen LogP contribution < -0.4 is 5.73 Å². The monoisotopic (exact) mass is 434 g/mol. The molecule has 2 N–H and O–H groups in total. The van der Waals surface area contributed by atoms with E-state index in [1.165, 1.54) is 0 Å². The maximum absolute atomic E-state index is 12.1. The Morgan fingerprint density at radius 1 is 1.40 bits per heavy atom. The standard InChI is InChI=1S/C11H22N4O2S2.HI/c1-14(10-2-3-10)11(12)13-4-9-19(16,17)15-5-7-18-8-6-15;/h10H,2-9H2,1H3,(H2,12,13);1H. The topological polar surface area (TPSA) is 79.0 Å². The third kappa shape index (κ3) is 5.23. The second kappa shape index (κ2) is 8.04. The molecule has 1 heterocycles. The van der Waals surface area contributed by atoms with Gasteiger partial charge in [0.15, 0.2) is 5.96 Å². The summed E-state index contributed by atoms with van der Waals surface area (Å²) in [6.07, 6.45) is 2.30. The van der Waals surface area contributed by atoms with Gasteiger partial charge in [0, 0.05) is 37.7 Å². The highest BCUT2D eigenvalue weighted by Crippen LogP contribution is 2.24. The number of nitrogens with zero attached hydrogens (tertiary/aromatic N) is 3. The number of halogens is 1. The first kappa shape index (κ1) is 18.3. The molecule has 0 aromatic heterocycles. The smallest absolute Gasteiger partial charge is 0.215 e. The van der Waals surface area contributed by atoms with Gasteiger partial charge in [-0.1, -0.05) is 0 Å². The molecule has 2 aliphatic rings. The van der Waals surface area contributed by atoms with Gasteiger partial charge >= 0.3 is 0 Å². The number of rotatable bonds is 5. The molecule has 0 radical (unpaired) electrons. The van der Waals surface area contributed by atoms with Crippen LogP contribution in [0.15, 0.2) is 4.99 Å². The molecule has 6 nitrogen and oxygen atoms in total. The number of sulfonamides is 1. The van der Waals surface area contributed by atoms with Crippen molar-refractivity contribution in [2.75, 3.05) is 43.9 Å². The van der Waals surface area contributed by atoms with Crippen LogP contribution in [0.4, 0.5) is 0 Å². The van der Waals surface area contributed by atoms with Crippen LogP contribution in [0, 0.1) is 0 Å². The Morgan fingerprint density at radius 3 is 2.55 bits per heavy atom. The lowest BCUT2D eigenvalue weighted by Gasteiger charge is -2.25. The Kier molecular flexibility index (Phi) is 7.36. The normalized spacial score (nSPS) is 21.4. The zero-order valence-corrected chi connectivity index (χ0v) is 15.7. The summed E-state index contributed by atoms with van der Waals surface area (Å²) < 4.78 is 25.7. The molecule has 1 saturated carbocycles. The number of hydrogen-bond acceptors (Lipinski definition) is 4. The fourth-order valence-corrected chi connectivity index (χ4v) is 4.44. The Morgan fingerprint density at radius 2 is 2.00 bits per heavy atom. The van der Waals surface area contributed by atoms with Gasteiger partial charge in [-0.05, 0) is 12.8 Å². The number of guanidine groups is 1. The molecule has 0 atom stereocenters. The lowest BCUT2D eigenvalue weighted by Crippen LogP contribution is -2.40. The number of aliphatic imine (C=N–C) groups is 1. The van der Waals surface area contributed by atoms with E-state index in [-0.39, 0.29) is 36.3 Å². The molecule has 0 spiro atoms. The van der Waals surface area contributed by atoms with Gasteiger partial charge in [-0.25, -0.2) is 12.7 Å². The van der Waals surface area contributed by atoms with E-state index in [4.69, 9.17) is 5.73 Å². The molecule has 2 rings (SSSR count). The van der Waals surface area contributed by atoms with Gasteiger partial charge in [-0.15, -0.1) is 24.0 Å². The first-order valence-corrected chi connectivity index (χ1v) is 9.35. The van der Waals surface area contributed by atoms with E-state index in [1.807, 2.05) is 11.9 Å². The molecule has 0 bridgehead atoms. The van der Waals surface area contributed by atoms with Crippen LogP contribution >= 0.6 is 35.7 Å². The van der Waals surface area contributed by atoms with Crippen molar-refractivity contribution in [3.8, 4) is 0 Å². The van der Waals surface area contributed by atoms with Crippen molar-refractivity contribution in [1.29, 1.82) is 0 Å². The maximum atomic E-state index is 12.1. The van der Waals surface area contributed by atoms with E-state index in [1.54, 1.807) is 16.1 Å². The largest absolute Gasteiger partial charge is 0.370 e. The van der Waals surface area contributed by atoms with Crippen molar-refractivity contribution in [2.45, 2.75) is 18.9 Å². The lowest BCUT2D eigenvalue weighted by molar-refractivity contribution is 0.443. The average molecular weight is 434 g/mol. The number of thioether (sulfide) groups is 1. The highest BCUT2D eigenvalue weighted by atomic mass is 127. The fourth-order valence-electron chi connectivity index (χ4n) is 1.99. The molecule has 118 valence electrons. The van der Waals surface area contributed by atoms with Crippen LogP contribution in [0.2, 0.25) is 0 Å². The minimum absolute atomic E-state index is 0. The van der Waals surface area contributed by atoms with Crippen molar-refractivity contribution < 1.29 is 8.42 Å². The quantitative estimate of drug-likeness (QED) is 0.385. The molecular formula is C11H23IN4O2S2. The Balaban J connectivity index is 0.00000200. The van der Waals surface area contributed by atoms with Crippen molar-refractivity contribution in [3.63, 3.8) is 0 Å². The number of nitrogens with two attached hydrogens (primary N) is 1. The Hall–Kier alpha value is 0.260. The predicted octanol–water partition coefficient (Wildman–Crippen LogP) is 0.392. The fraction of sp³-hybridized carbons (Fsp3) is 0.909. The van der Waals surface area contributed by atoms with Crippen LogP contribution in [-0.2, 0) is 10.0 Å². The molecule has 9 heteroatoms. The highest BCUT2D eigenvalue weighted by Gasteiger charge is 2.27. The zero-order chi connectivity index (χ0) is 13.9. The van der Waals surface area contributed by atoms with Crippen LogP contribution in [0.25, 0.3) is 0 Å². The predicted molar refractivity (Wildman–Crippen MR) is 95.4 cm³/mol. The van der Waals surface area contributed by atoms with Crippen LogP contribution in [0.5, 0.6) is 0 Å². The third-order valence-corrected chi connectivity index (χ3v) is 6.24. The van der Waals surface area contributed by atoms with Crippen LogP contribution in [0.1, 0.15) is 12.8 Å². The van der Waals surface area contributed by atoms with Gasteiger partial charge in [0.25, 0.3) is 0 Å². The highest BCUT2D eigenvalue weighted by molar-refractivity contribution is 14.0. The number of hydrogen-bond donors (Lipinski definition) is 1. The van der Waals surface area contributed by atoms with Crippen molar-refractivity contribution in [2.24, 2.45) is 10.7 Å². The van der Waals surface area contributed by atoms with Gasteiger partial charge in [0.05, 0.1) is 12.3 Å². The molecule has 1 aliphatic heterocycles. The maximum Gasteiger partial charge on any atom is 0.215 e. The summed E-state index contributed by atoms with van der Waals surface area (Å²) in [6.45, 7) is 1.48. The van der Waals surface area contributed by atoms with Gasteiger partial charge in [0.2, 0.25) is 10.0 Å². The summed E-state index contributed by atoms with van der Waals surface area (Å²) in [5.74, 6) is 2.27. The van der Waals surface area contributed by atoms with Gasteiger partial charge in [-0.3, -0.25) is 4.99 Å². The minimum atomic E-state index is -3.17. The molecule has 0 aromatic rings. The minimum Gasteiger partial charge on any atom is -0.370 e. The van der Waals surface area contributed by atoms with Gasteiger partial charge in [0.1, 0.15) is 0 Å². The summed E-state index contributed by atoms with van der Waals surface area (Å²) in [7, 11) is -1.26. The average Bonchev–Trinajstić information content (AvgIpc) is 3.23. The summed E-state index contributed by atoms with van der Waals surface area (Å²) in [6, 6.07) is 0.500. The Bertz CT molecular complexity index is 434. The first-order valence-electron chi connectivity index (χ1n) is 6.59. The molecular weight excluding hydrogens is 411 g/mol. The summed E-state index contributed by atoms with van der Waals surface area (Å²) in [4.78, 5) is 6.11. The first-order chi connectivity index (χ1) is 9.00. The van der Waals surface area contributed by atoms with Crippen molar-refractivity contribution >= 4 is 51.7 Å². The molecule has 0 amide bonds. The zero-order valence-electron chi connectivity index (χ0n) is 11.7. The van der Waals surface area contributed by atoms with Crippen LogP contribution in [0.3, 0.4) is 0 Å².